The highest BCUT2D eigenvalue weighted by Gasteiger charge is 2.34. The summed E-state index contributed by atoms with van der Waals surface area (Å²) in [6, 6.07) is 0. The number of ether oxygens (including phenoxy) is 1. The van der Waals surface area contributed by atoms with Gasteiger partial charge in [0.25, 0.3) is 0 Å². The quantitative estimate of drug-likeness (QED) is 0.497. The number of hydrogen-bond donors (Lipinski definition) is 0. The molecule has 1 saturated carbocycles. The molecular formula is C9H14O2. The van der Waals surface area contributed by atoms with Crippen molar-refractivity contribution in [3.05, 3.63) is 0 Å². The van der Waals surface area contributed by atoms with Crippen molar-refractivity contribution in [1.29, 1.82) is 0 Å². The third-order valence-corrected chi connectivity index (χ3v) is 2.94. The summed E-state index contributed by atoms with van der Waals surface area (Å²) in [6.45, 7) is 0.667. The molecule has 11 heavy (non-hydrogen) atoms. The summed E-state index contributed by atoms with van der Waals surface area (Å²) in [5.41, 5.74) is 0. The van der Waals surface area contributed by atoms with Gasteiger partial charge in [0.2, 0.25) is 0 Å². The Morgan fingerprint density at radius 2 is 2.00 bits per heavy atom. The van der Waals surface area contributed by atoms with Gasteiger partial charge in [-0.05, 0) is 25.2 Å². The molecule has 1 heterocycles. The van der Waals surface area contributed by atoms with E-state index in [-0.39, 0.29) is 11.9 Å². The summed E-state index contributed by atoms with van der Waals surface area (Å²) in [7, 11) is 0. The average Bonchev–Trinajstić information content (AvgIpc) is 2.06. The molecule has 0 aromatic carbocycles. The number of cyclic esters (lactones) is 1. The molecule has 1 aliphatic carbocycles. The Kier molecular flexibility index (Phi) is 1.84. The largest absolute Gasteiger partial charge is 0.465 e. The van der Waals surface area contributed by atoms with Crippen LogP contribution in [0.3, 0.4) is 0 Å². The smallest absolute Gasteiger partial charge is 0.309 e. The predicted molar refractivity (Wildman–Crippen MR) is 41.0 cm³/mol. The molecule has 0 aromatic heterocycles. The van der Waals surface area contributed by atoms with Crippen LogP contribution in [0.2, 0.25) is 0 Å². The molecule has 0 spiro atoms. The first kappa shape index (κ1) is 7.14. The minimum absolute atomic E-state index is 0.0703. The molecule has 0 amide bonds. The summed E-state index contributed by atoms with van der Waals surface area (Å²) >= 11 is 0. The fraction of sp³-hybridized carbons (Fsp3) is 0.889. The summed E-state index contributed by atoms with van der Waals surface area (Å²) in [6.07, 6.45) is 5.96. The highest BCUT2D eigenvalue weighted by atomic mass is 16.5. The van der Waals surface area contributed by atoms with Gasteiger partial charge in [-0.2, -0.15) is 0 Å². The van der Waals surface area contributed by atoms with Crippen molar-refractivity contribution in [2.45, 2.75) is 32.1 Å². The second-order valence-corrected chi connectivity index (χ2v) is 3.61. The number of esters is 1. The van der Waals surface area contributed by atoms with Crippen LogP contribution >= 0.6 is 0 Å². The SMILES string of the molecule is O=C1OCC[C@H]2CCCCC12. The summed E-state index contributed by atoms with van der Waals surface area (Å²) in [5.74, 6) is 0.989. The number of rotatable bonds is 0. The standard InChI is InChI=1S/C9H14O2/c10-9-8-4-2-1-3-7(8)5-6-11-9/h7-8H,1-6H2/t7-,8?/m1/s1. The molecule has 0 radical (unpaired) electrons. The zero-order valence-corrected chi connectivity index (χ0v) is 6.71. The second kappa shape index (κ2) is 2.84. The maximum absolute atomic E-state index is 11.2. The van der Waals surface area contributed by atoms with E-state index in [2.05, 4.69) is 0 Å². The van der Waals surface area contributed by atoms with Crippen LogP contribution in [0.1, 0.15) is 32.1 Å². The van der Waals surface area contributed by atoms with E-state index >= 15 is 0 Å². The van der Waals surface area contributed by atoms with Crippen molar-refractivity contribution in [1.82, 2.24) is 0 Å². The first-order chi connectivity index (χ1) is 5.38. The van der Waals surface area contributed by atoms with E-state index in [1.165, 1.54) is 19.3 Å². The van der Waals surface area contributed by atoms with Crippen molar-refractivity contribution >= 4 is 5.97 Å². The minimum atomic E-state index is 0.0703. The van der Waals surface area contributed by atoms with E-state index in [0.717, 1.165) is 12.8 Å². The van der Waals surface area contributed by atoms with Crippen molar-refractivity contribution in [2.24, 2.45) is 11.8 Å². The first-order valence-corrected chi connectivity index (χ1v) is 4.54. The van der Waals surface area contributed by atoms with Crippen LogP contribution in [0, 0.1) is 11.8 Å². The third-order valence-electron chi connectivity index (χ3n) is 2.94. The molecule has 0 aromatic rings. The van der Waals surface area contributed by atoms with Crippen LogP contribution in [-0.4, -0.2) is 12.6 Å². The Hall–Kier alpha value is -0.530. The second-order valence-electron chi connectivity index (χ2n) is 3.61. The number of fused-ring (bicyclic) bond motifs is 1. The lowest BCUT2D eigenvalue weighted by Crippen LogP contribution is -2.34. The van der Waals surface area contributed by atoms with Gasteiger partial charge in [-0.25, -0.2) is 0 Å². The summed E-state index contributed by atoms with van der Waals surface area (Å²) in [4.78, 5) is 11.2. The van der Waals surface area contributed by atoms with Gasteiger partial charge in [-0.15, -0.1) is 0 Å². The zero-order valence-electron chi connectivity index (χ0n) is 6.71. The lowest BCUT2D eigenvalue weighted by molar-refractivity contribution is -0.158. The van der Waals surface area contributed by atoms with E-state index in [1.807, 2.05) is 0 Å². The lowest BCUT2D eigenvalue weighted by atomic mass is 9.76. The Labute approximate surface area is 66.9 Å². The predicted octanol–water partition coefficient (Wildman–Crippen LogP) is 1.74. The van der Waals surface area contributed by atoms with Gasteiger partial charge >= 0.3 is 5.97 Å². The molecule has 1 saturated heterocycles. The molecule has 1 unspecified atom stereocenters. The van der Waals surface area contributed by atoms with Gasteiger partial charge in [0.15, 0.2) is 0 Å². The number of carbonyl (C=O) groups excluding carboxylic acids is 1. The molecular weight excluding hydrogens is 140 g/mol. The molecule has 0 bridgehead atoms. The molecule has 2 nitrogen and oxygen atoms in total. The molecule has 1 aliphatic heterocycles. The van der Waals surface area contributed by atoms with Crippen molar-refractivity contribution in [3.8, 4) is 0 Å². The normalized spacial score (nSPS) is 37.6. The van der Waals surface area contributed by atoms with Crippen LogP contribution in [0.25, 0.3) is 0 Å². The van der Waals surface area contributed by atoms with E-state index in [1.54, 1.807) is 0 Å². The molecule has 2 rings (SSSR count). The Morgan fingerprint density at radius 3 is 2.82 bits per heavy atom. The van der Waals surface area contributed by atoms with E-state index < -0.39 is 0 Å². The molecule has 62 valence electrons. The van der Waals surface area contributed by atoms with Crippen molar-refractivity contribution in [3.63, 3.8) is 0 Å². The fourth-order valence-electron chi connectivity index (χ4n) is 2.28. The van der Waals surface area contributed by atoms with Gasteiger partial charge in [0.1, 0.15) is 0 Å². The van der Waals surface area contributed by atoms with Crippen LogP contribution in [-0.2, 0) is 9.53 Å². The summed E-state index contributed by atoms with van der Waals surface area (Å²) in [5, 5.41) is 0. The molecule has 2 heteroatoms. The van der Waals surface area contributed by atoms with Crippen LogP contribution in [0.4, 0.5) is 0 Å². The van der Waals surface area contributed by atoms with Gasteiger partial charge in [-0.3, -0.25) is 4.79 Å². The van der Waals surface area contributed by atoms with Crippen molar-refractivity contribution < 1.29 is 9.53 Å². The van der Waals surface area contributed by atoms with Crippen LogP contribution in [0.15, 0.2) is 0 Å². The van der Waals surface area contributed by atoms with Gasteiger partial charge < -0.3 is 4.74 Å². The maximum Gasteiger partial charge on any atom is 0.309 e. The average molecular weight is 154 g/mol. The Balaban J connectivity index is 2.05. The van der Waals surface area contributed by atoms with E-state index in [0.29, 0.717) is 12.5 Å². The molecule has 2 aliphatic rings. The third kappa shape index (κ3) is 1.26. The van der Waals surface area contributed by atoms with Crippen LogP contribution < -0.4 is 0 Å². The highest BCUT2D eigenvalue weighted by molar-refractivity contribution is 5.73. The molecule has 2 atom stereocenters. The lowest BCUT2D eigenvalue weighted by Gasteiger charge is -2.33. The van der Waals surface area contributed by atoms with E-state index in [4.69, 9.17) is 4.74 Å². The Bertz CT molecular complexity index is 163. The monoisotopic (exact) mass is 154 g/mol. The fourth-order valence-corrected chi connectivity index (χ4v) is 2.28. The van der Waals surface area contributed by atoms with E-state index in [9.17, 15) is 4.79 Å². The minimum Gasteiger partial charge on any atom is -0.465 e. The number of carbonyl (C=O) groups is 1. The van der Waals surface area contributed by atoms with Crippen molar-refractivity contribution in [2.75, 3.05) is 6.61 Å². The highest BCUT2D eigenvalue weighted by Crippen LogP contribution is 2.35. The van der Waals surface area contributed by atoms with Crippen LogP contribution in [0.5, 0.6) is 0 Å². The molecule has 0 N–H and O–H groups in total. The van der Waals surface area contributed by atoms with Gasteiger partial charge in [-0.1, -0.05) is 12.8 Å². The Morgan fingerprint density at radius 1 is 1.18 bits per heavy atom. The molecule has 2 fully saturated rings. The summed E-state index contributed by atoms with van der Waals surface area (Å²) < 4.78 is 5.01. The maximum atomic E-state index is 11.2. The van der Waals surface area contributed by atoms with Gasteiger partial charge in [0, 0.05) is 0 Å². The first-order valence-electron chi connectivity index (χ1n) is 4.54. The van der Waals surface area contributed by atoms with Gasteiger partial charge in [0.05, 0.1) is 12.5 Å². The number of hydrogen-bond acceptors (Lipinski definition) is 2. The zero-order chi connectivity index (χ0) is 7.68. The topological polar surface area (TPSA) is 26.3 Å².